The fourth-order valence-electron chi connectivity index (χ4n) is 3.30. The van der Waals surface area contributed by atoms with Crippen LogP contribution in [0.15, 0.2) is 47.4 Å². The van der Waals surface area contributed by atoms with Gasteiger partial charge < -0.3 is 4.74 Å². The number of hydrogen-bond acceptors (Lipinski definition) is 6. The van der Waals surface area contributed by atoms with Crippen LogP contribution in [-0.2, 0) is 10.0 Å². The summed E-state index contributed by atoms with van der Waals surface area (Å²) in [6.07, 6.45) is 1.64. The van der Waals surface area contributed by atoms with Crippen LogP contribution in [0.2, 0.25) is 0 Å². The number of benzene rings is 2. The molecule has 4 rings (SSSR count). The number of nitrogens with zero attached hydrogens (tertiary/aromatic N) is 3. The Kier molecular flexibility index (Phi) is 4.18. The molecule has 3 aromatic rings. The van der Waals surface area contributed by atoms with Crippen LogP contribution in [0.5, 0.6) is 5.75 Å². The number of sulfonamides is 1. The summed E-state index contributed by atoms with van der Waals surface area (Å²) in [6.45, 7) is 0.507. The van der Waals surface area contributed by atoms with Gasteiger partial charge in [0.15, 0.2) is 0 Å². The second-order valence-electron chi connectivity index (χ2n) is 5.94. The molecule has 0 bridgehead atoms. The van der Waals surface area contributed by atoms with Crippen LogP contribution in [0.25, 0.3) is 11.0 Å². The summed E-state index contributed by atoms with van der Waals surface area (Å²) in [5.74, 6) is 0.759. The number of hydrogen-bond donors (Lipinski definition) is 0. The third-order valence-corrected chi connectivity index (χ3v) is 7.02. The van der Waals surface area contributed by atoms with Crippen molar-refractivity contribution in [3.63, 3.8) is 0 Å². The Labute approximate surface area is 150 Å². The Morgan fingerprint density at radius 1 is 1.16 bits per heavy atom. The second kappa shape index (κ2) is 6.36. The first-order valence-corrected chi connectivity index (χ1v) is 10.2. The molecule has 2 heterocycles. The van der Waals surface area contributed by atoms with Crippen LogP contribution >= 0.6 is 11.7 Å². The standard InChI is InChI=1S/C17H17N3O3S2/c1-23-13-9-7-12(8-10-13)15-5-3-11-20(15)25(21,22)16-6-2-4-14-17(16)19-24-18-14/h2,4,6-10,15H,3,5,11H2,1H3/t15-/m1/s1. The van der Waals surface area contributed by atoms with Gasteiger partial charge in [0, 0.05) is 6.54 Å². The highest BCUT2D eigenvalue weighted by Gasteiger charge is 2.37. The third kappa shape index (κ3) is 2.80. The first kappa shape index (κ1) is 16.4. The van der Waals surface area contributed by atoms with Crippen molar-refractivity contribution in [3.05, 3.63) is 48.0 Å². The van der Waals surface area contributed by atoms with E-state index in [1.807, 2.05) is 24.3 Å². The lowest BCUT2D eigenvalue weighted by Gasteiger charge is -2.24. The van der Waals surface area contributed by atoms with E-state index in [1.165, 1.54) is 0 Å². The van der Waals surface area contributed by atoms with E-state index in [-0.39, 0.29) is 10.9 Å². The van der Waals surface area contributed by atoms with E-state index in [4.69, 9.17) is 4.74 Å². The molecule has 25 heavy (non-hydrogen) atoms. The highest BCUT2D eigenvalue weighted by Crippen LogP contribution is 2.38. The molecule has 0 spiro atoms. The quantitative estimate of drug-likeness (QED) is 0.700. The normalized spacial score (nSPS) is 18.7. The molecular weight excluding hydrogens is 358 g/mol. The number of aromatic nitrogens is 2. The molecule has 1 fully saturated rings. The van der Waals surface area contributed by atoms with Crippen LogP contribution in [0, 0.1) is 0 Å². The topological polar surface area (TPSA) is 72.4 Å². The van der Waals surface area contributed by atoms with Crippen LogP contribution in [-0.4, -0.2) is 35.1 Å². The molecule has 8 heteroatoms. The molecule has 1 aromatic heterocycles. The van der Waals surface area contributed by atoms with Crippen molar-refractivity contribution in [2.75, 3.05) is 13.7 Å². The minimum absolute atomic E-state index is 0.169. The maximum Gasteiger partial charge on any atom is 0.245 e. The Morgan fingerprint density at radius 2 is 1.96 bits per heavy atom. The first-order chi connectivity index (χ1) is 12.1. The van der Waals surface area contributed by atoms with Crippen molar-refractivity contribution in [1.29, 1.82) is 0 Å². The zero-order valence-electron chi connectivity index (χ0n) is 13.6. The molecular formula is C17H17N3O3S2. The van der Waals surface area contributed by atoms with Crippen molar-refractivity contribution >= 4 is 32.8 Å². The summed E-state index contributed by atoms with van der Waals surface area (Å²) >= 11 is 1.03. The van der Waals surface area contributed by atoms with E-state index in [0.717, 1.165) is 35.9 Å². The van der Waals surface area contributed by atoms with E-state index in [1.54, 1.807) is 29.6 Å². The van der Waals surface area contributed by atoms with Crippen LogP contribution < -0.4 is 4.74 Å². The predicted molar refractivity (Wildman–Crippen MR) is 96.3 cm³/mol. The molecule has 0 N–H and O–H groups in total. The highest BCUT2D eigenvalue weighted by molar-refractivity contribution is 7.89. The van der Waals surface area contributed by atoms with Gasteiger partial charge in [-0.15, -0.1) is 0 Å². The molecule has 0 radical (unpaired) electrons. The van der Waals surface area contributed by atoms with E-state index in [9.17, 15) is 8.42 Å². The lowest BCUT2D eigenvalue weighted by atomic mass is 10.1. The minimum Gasteiger partial charge on any atom is -0.497 e. The molecule has 2 aromatic carbocycles. The van der Waals surface area contributed by atoms with Crippen LogP contribution in [0.3, 0.4) is 0 Å². The van der Waals surface area contributed by atoms with Gasteiger partial charge in [-0.3, -0.25) is 0 Å². The maximum atomic E-state index is 13.3. The predicted octanol–water partition coefficient (Wildman–Crippen LogP) is 3.23. The third-order valence-electron chi connectivity index (χ3n) is 4.54. The summed E-state index contributed by atoms with van der Waals surface area (Å²) in [5.41, 5.74) is 2.05. The monoisotopic (exact) mass is 375 g/mol. The highest BCUT2D eigenvalue weighted by atomic mass is 32.2. The largest absolute Gasteiger partial charge is 0.497 e. The number of fused-ring (bicyclic) bond motifs is 1. The van der Waals surface area contributed by atoms with Gasteiger partial charge in [0.05, 0.1) is 24.9 Å². The fraction of sp³-hybridized carbons (Fsp3) is 0.294. The molecule has 1 aliphatic heterocycles. The summed E-state index contributed by atoms with van der Waals surface area (Å²) in [7, 11) is -2.03. The van der Waals surface area contributed by atoms with E-state index >= 15 is 0 Å². The Bertz CT molecular complexity index is 999. The average Bonchev–Trinajstić information content (AvgIpc) is 3.30. The van der Waals surface area contributed by atoms with Crippen LogP contribution in [0.1, 0.15) is 24.4 Å². The molecule has 0 unspecified atom stereocenters. The molecule has 6 nitrogen and oxygen atoms in total. The number of rotatable bonds is 4. The summed E-state index contributed by atoms with van der Waals surface area (Å²) in [5, 5.41) is 0. The van der Waals surface area contributed by atoms with E-state index in [2.05, 4.69) is 8.75 Å². The molecule has 0 saturated carbocycles. The van der Waals surface area contributed by atoms with Gasteiger partial charge in [0.1, 0.15) is 21.7 Å². The van der Waals surface area contributed by atoms with Crippen molar-refractivity contribution < 1.29 is 13.2 Å². The van der Waals surface area contributed by atoms with Gasteiger partial charge in [-0.2, -0.15) is 13.1 Å². The lowest BCUT2D eigenvalue weighted by Crippen LogP contribution is -2.30. The fourth-order valence-corrected chi connectivity index (χ4v) is 5.74. The van der Waals surface area contributed by atoms with Crippen LogP contribution in [0.4, 0.5) is 0 Å². The Hall–Kier alpha value is -2.03. The Balaban J connectivity index is 1.74. The molecule has 1 aliphatic rings. The molecule has 1 atom stereocenters. The van der Waals surface area contributed by atoms with E-state index in [0.29, 0.717) is 17.6 Å². The molecule has 130 valence electrons. The molecule has 0 aliphatic carbocycles. The van der Waals surface area contributed by atoms with Crippen molar-refractivity contribution in [3.8, 4) is 5.75 Å². The first-order valence-electron chi connectivity index (χ1n) is 7.98. The zero-order valence-corrected chi connectivity index (χ0v) is 15.3. The van der Waals surface area contributed by atoms with Crippen molar-refractivity contribution in [1.82, 2.24) is 13.1 Å². The van der Waals surface area contributed by atoms with Gasteiger partial charge >= 0.3 is 0 Å². The zero-order chi connectivity index (χ0) is 17.4. The summed E-state index contributed by atoms with van der Waals surface area (Å²) in [4.78, 5) is 0.235. The number of ether oxygens (including phenoxy) is 1. The lowest BCUT2D eigenvalue weighted by molar-refractivity contribution is 0.395. The average molecular weight is 375 g/mol. The number of methoxy groups -OCH3 is 1. The van der Waals surface area contributed by atoms with E-state index < -0.39 is 10.0 Å². The molecule has 1 saturated heterocycles. The Morgan fingerprint density at radius 3 is 2.72 bits per heavy atom. The van der Waals surface area contributed by atoms with Gasteiger partial charge in [-0.05, 0) is 42.7 Å². The van der Waals surface area contributed by atoms with Gasteiger partial charge in [0.25, 0.3) is 0 Å². The summed E-state index contributed by atoms with van der Waals surface area (Å²) in [6, 6.07) is 12.5. The summed E-state index contributed by atoms with van der Waals surface area (Å²) < 4.78 is 41.7. The SMILES string of the molecule is COc1ccc([C@H]2CCCN2S(=O)(=O)c2cccc3nsnc23)cc1. The van der Waals surface area contributed by atoms with Crippen molar-refractivity contribution in [2.24, 2.45) is 0 Å². The van der Waals surface area contributed by atoms with Gasteiger partial charge in [-0.1, -0.05) is 18.2 Å². The minimum atomic E-state index is -3.64. The maximum absolute atomic E-state index is 13.3. The van der Waals surface area contributed by atoms with Gasteiger partial charge in [0.2, 0.25) is 10.0 Å². The van der Waals surface area contributed by atoms with Gasteiger partial charge in [-0.25, -0.2) is 8.42 Å². The smallest absolute Gasteiger partial charge is 0.245 e. The second-order valence-corrected chi connectivity index (χ2v) is 8.32. The molecule has 0 amide bonds. The van der Waals surface area contributed by atoms with Crippen molar-refractivity contribution in [2.45, 2.75) is 23.8 Å².